The van der Waals surface area contributed by atoms with Crippen LogP contribution in [0.5, 0.6) is 11.5 Å². The molecule has 0 aliphatic heterocycles. The Hall–Kier alpha value is -1.14. The molecule has 116 valence electrons. The second kappa shape index (κ2) is 5.57. The van der Waals surface area contributed by atoms with Gasteiger partial charge in [0.25, 0.3) is 0 Å². The van der Waals surface area contributed by atoms with Gasteiger partial charge in [-0.1, -0.05) is 13.8 Å². The van der Waals surface area contributed by atoms with Gasteiger partial charge in [-0.2, -0.15) is 0 Å². The van der Waals surface area contributed by atoms with E-state index in [1.165, 1.54) is 24.5 Å². The predicted molar refractivity (Wildman–Crippen MR) is 82.1 cm³/mol. The van der Waals surface area contributed by atoms with Crippen LogP contribution < -0.4 is 4.74 Å². The van der Waals surface area contributed by atoms with Gasteiger partial charge in [-0.3, -0.25) is 4.57 Å². The molecule has 1 heterocycles. The Kier molecular flexibility index (Phi) is 4.31. The topological polar surface area (TPSA) is 99.9 Å². The summed E-state index contributed by atoms with van der Waals surface area (Å²) in [6.07, 6.45) is 0.577. The minimum Gasteiger partial charge on any atom is -0.504 e. The molecule has 0 atom stereocenters. The summed E-state index contributed by atoms with van der Waals surface area (Å²) in [5.74, 6) is 0.268. The van der Waals surface area contributed by atoms with Crippen molar-refractivity contribution in [3.05, 3.63) is 17.1 Å². The summed E-state index contributed by atoms with van der Waals surface area (Å²) in [5.41, 5.74) is 0.507. The molecule has 2 aromatic rings. The van der Waals surface area contributed by atoms with Crippen LogP contribution in [0.3, 0.4) is 0 Å². The fourth-order valence-electron chi connectivity index (χ4n) is 2.40. The monoisotopic (exact) mass is 331 g/mol. The van der Waals surface area contributed by atoms with Gasteiger partial charge in [0.05, 0.1) is 17.3 Å². The Balaban J connectivity index is 2.68. The second-order valence-electron chi connectivity index (χ2n) is 4.79. The Labute approximate surface area is 126 Å². The van der Waals surface area contributed by atoms with Crippen molar-refractivity contribution < 1.29 is 24.2 Å². The lowest BCUT2D eigenvalue weighted by molar-refractivity contribution is 0.315. The van der Waals surface area contributed by atoms with Crippen LogP contribution >= 0.6 is 18.9 Å². The van der Waals surface area contributed by atoms with Crippen LogP contribution in [0, 0.1) is 0 Å². The maximum Gasteiger partial charge on any atom is 0.338 e. The minimum atomic E-state index is -4.36. The molecule has 0 aliphatic rings. The molecule has 0 fully saturated rings. The number of aromatic hydroxyl groups is 1. The first-order chi connectivity index (χ1) is 9.79. The average molecular weight is 331 g/mol. The van der Waals surface area contributed by atoms with E-state index in [2.05, 4.69) is 4.98 Å². The number of methoxy groups -OCH3 is 1. The Bertz CT molecular complexity index is 704. The highest BCUT2D eigenvalue weighted by molar-refractivity contribution is 7.53. The third kappa shape index (κ3) is 2.55. The highest BCUT2D eigenvalue weighted by atomic mass is 32.1. The number of hydrogen-bond acceptors (Lipinski definition) is 5. The maximum absolute atomic E-state index is 12.0. The molecule has 0 saturated carbocycles. The van der Waals surface area contributed by atoms with Crippen molar-refractivity contribution in [3.63, 3.8) is 0 Å². The molecule has 1 aromatic heterocycles. The summed E-state index contributed by atoms with van der Waals surface area (Å²) in [7, 11) is -2.92. The zero-order chi connectivity index (χ0) is 15.8. The van der Waals surface area contributed by atoms with Crippen molar-refractivity contribution in [1.82, 2.24) is 4.98 Å². The third-order valence-electron chi connectivity index (χ3n) is 3.81. The first-order valence-corrected chi connectivity index (χ1v) is 8.95. The largest absolute Gasteiger partial charge is 0.504 e. The quantitative estimate of drug-likeness (QED) is 0.728. The van der Waals surface area contributed by atoms with Gasteiger partial charge in [0.15, 0.2) is 11.5 Å². The van der Waals surface area contributed by atoms with Gasteiger partial charge in [0, 0.05) is 12.1 Å². The van der Waals surface area contributed by atoms with E-state index in [0.717, 1.165) is 4.70 Å². The first-order valence-electron chi connectivity index (χ1n) is 6.52. The summed E-state index contributed by atoms with van der Waals surface area (Å²) >= 11 is 1.22. The van der Waals surface area contributed by atoms with E-state index < -0.39 is 12.8 Å². The van der Waals surface area contributed by atoms with Crippen molar-refractivity contribution in [2.45, 2.75) is 31.8 Å². The van der Waals surface area contributed by atoms with E-state index >= 15 is 0 Å². The molecule has 3 N–H and O–H groups in total. The summed E-state index contributed by atoms with van der Waals surface area (Å²) in [4.78, 5) is 23.9. The van der Waals surface area contributed by atoms with Crippen LogP contribution in [0.25, 0.3) is 10.2 Å². The number of ether oxygens (including phenoxy) is 1. The molecule has 0 spiro atoms. The van der Waals surface area contributed by atoms with Crippen molar-refractivity contribution in [2.24, 2.45) is 0 Å². The minimum absolute atomic E-state index is 0.0448. The fraction of sp³-hybridized carbons (Fsp3) is 0.462. The normalized spacial score (nSPS) is 12.8. The average Bonchev–Trinajstić information content (AvgIpc) is 2.81. The zero-order valence-electron chi connectivity index (χ0n) is 12.0. The van der Waals surface area contributed by atoms with Gasteiger partial charge in [-0.25, -0.2) is 4.98 Å². The van der Waals surface area contributed by atoms with E-state index in [4.69, 9.17) is 4.74 Å². The molecule has 0 bridgehead atoms. The van der Waals surface area contributed by atoms with E-state index in [0.29, 0.717) is 16.3 Å². The summed E-state index contributed by atoms with van der Waals surface area (Å²) in [6.45, 7) is 3.49. The van der Waals surface area contributed by atoms with Crippen molar-refractivity contribution in [3.8, 4) is 11.5 Å². The number of benzene rings is 1. The number of phenolic OH excluding ortho intramolecular Hbond substituents is 1. The van der Waals surface area contributed by atoms with E-state index in [1.807, 2.05) is 0 Å². The number of phenols is 1. The molecular weight excluding hydrogens is 313 g/mol. The van der Waals surface area contributed by atoms with Gasteiger partial charge in [0.2, 0.25) is 0 Å². The molecule has 6 nitrogen and oxygen atoms in total. The lowest BCUT2D eigenvalue weighted by atomic mass is 10.0. The van der Waals surface area contributed by atoms with E-state index in [-0.39, 0.29) is 18.6 Å². The molecule has 2 rings (SSSR count). The highest BCUT2D eigenvalue weighted by Crippen LogP contribution is 2.62. The molecule has 0 amide bonds. The Morgan fingerprint density at radius 2 is 1.95 bits per heavy atom. The lowest BCUT2D eigenvalue weighted by Crippen LogP contribution is -2.24. The van der Waals surface area contributed by atoms with Crippen molar-refractivity contribution in [1.29, 1.82) is 0 Å². The van der Waals surface area contributed by atoms with E-state index in [9.17, 15) is 19.5 Å². The van der Waals surface area contributed by atoms with Gasteiger partial charge in [-0.15, -0.1) is 11.3 Å². The molecule has 0 aliphatic carbocycles. The van der Waals surface area contributed by atoms with Crippen LogP contribution in [0.2, 0.25) is 0 Å². The van der Waals surface area contributed by atoms with Gasteiger partial charge in [0.1, 0.15) is 10.2 Å². The number of hydrogen-bond donors (Lipinski definition) is 3. The standard InChI is InChI=1S/C13H18NO5PS/c1-4-13(5-2,20(16,17)18)12-14-8-6-9(15)10(19-3)7-11(8)21-12/h6-7,15H,4-5H2,1-3H3,(H2,16,17,18). The molecule has 0 radical (unpaired) electrons. The molecule has 0 saturated heterocycles. The van der Waals surface area contributed by atoms with Gasteiger partial charge < -0.3 is 19.6 Å². The van der Waals surface area contributed by atoms with Crippen LogP contribution in [0.1, 0.15) is 31.7 Å². The molecular formula is C13H18NO5PS. The summed E-state index contributed by atoms with van der Waals surface area (Å²) in [5, 5.41) is 8.89. The van der Waals surface area contributed by atoms with E-state index in [1.54, 1.807) is 19.9 Å². The number of aromatic nitrogens is 1. The number of nitrogens with zero attached hydrogens (tertiary/aromatic N) is 1. The predicted octanol–water partition coefficient (Wildman–Crippen LogP) is 3.20. The molecule has 0 unspecified atom stereocenters. The zero-order valence-corrected chi connectivity index (χ0v) is 13.7. The summed E-state index contributed by atoms with van der Waals surface area (Å²) < 4.78 is 17.7. The third-order valence-corrected chi connectivity index (χ3v) is 7.15. The first kappa shape index (κ1) is 16.2. The number of fused-ring (bicyclic) bond motifs is 1. The van der Waals surface area contributed by atoms with Gasteiger partial charge in [-0.05, 0) is 12.8 Å². The number of thiazole rings is 1. The molecule has 1 aromatic carbocycles. The molecule has 8 heteroatoms. The highest BCUT2D eigenvalue weighted by Gasteiger charge is 2.47. The maximum atomic E-state index is 12.0. The van der Waals surface area contributed by atoms with Crippen LogP contribution in [-0.2, 0) is 9.72 Å². The van der Waals surface area contributed by atoms with Crippen LogP contribution in [-0.4, -0.2) is 27.0 Å². The van der Waals surface area contributed by atoms with Crippen LogP contribution in [0.4, 0.5) is 0 Å². The summed E-state index contributed by atoms with van der Waals surface area (Å²) in [6, 6.07) is 3.07. The smallest absolute Gasteiger partial charge is 0.338 e. The SMILES string of the molecule is CCC(CC)(c1nc2cc(O)c(OC)cc2s1)P(=O)(O)O. The number of rotatable bonds is 5. The molecule has 21 heavy (non-hydrogen) atoms. The fourth-order valence-corrected chi connectivity index (χ4v) is 5.22. The second-order valence-corrected chi connectivity index (χ2v) is 7.77. The Morgan fingerprint density at radius 3 is 2.43 bits per heavy atom. The lowest BCUT2D eigenvalue weighted by Gasteiger charge is -2.29. The van der Waals surface area contributed by atoms with Crippen molar-refractivity contribution in [2.75, 3.05) is 7.11 Å². The Morgan fingerprint density at radius 1 is 1.33 bits per heavy atom. The van der Waals surface area contributed by atoms with Crippen LogP contribution in [0.15, 0.2) is 12.1 Å². The van der Waals surface area contributed by atoms with Crippen molar-refractivity contribution >= 4 is 29.1 Å². The van der Waals surface area contributed by atoms with Gasteiger partial charge >= 0.3 is 7.60 Å².